The minimum absolute atomic E-state index is 0.406. The topological polar surface area (TPSA) is 66.0 Å². The lowest BCUT2D eigenvalue weighted by atomic mass is 10.3. The van der Waals surface area contributed by atoms with Gasteiger partial charge in [0, 0.05) is 32.6 Å². The van der Waals surface area contributed by atoms with Crippen molar-refractivity contribution in [2.24, 2.45) is 0 Å². The van der Waals surface area contributed by atoms with Crippen molar-refractivity contribution in [2.45, 2.75) is 32.4 Å². The first-order chi connectivity index (χ1) is 10.4. The van der Waals surface area contributed by atoms with Crippen molar-refractivity contribution in [3.8, 4) is 11.8 Å². The highest BCUT2D eigenvalue weighted by Gasteiger charge is 2.12. The summed E-state index contributed by atoms with van der Waals surface area (Å²) in [4.78, 5) is 4.02. The van der Waals surface area contributed by atoms with E-state index in [1.807, 2.05) is 12.1 Å². The van der Waals surface area contributed by atoms with Crippen LogP contribution in [0.5, 0.6) is 0 Å². The van der Waals surface area contributed by atoms with Crippen LogP contribution in [0.3, 0.4) is 0 Å². The zero-order chi connectivity index (χ0) is 16.0. The molecule has 0 unspecified atom stereocenters. The first-order valence-electron chi connectivity index (χ1n) is 7.27. The molecule has 2 aromatic rings. The summed E-state index contributed by atoms with van der Waals surface area (Å²) in [7, 11) is -1.06. The molecule has 2 heterocycles. The van der Waals surface area contributed by atoms with Crippen LogP contribution in [-0.4, -0.2) is 29.4 Å². The minimum atomic E-state index is -1.06. The first-order valence-corrected chi connectivity index (χ1v) is 11.0. The third-order valence-corrected chi connectivity index (χ3v) is 4.70. The second-order valence-corrected chi connectivity index (χ2v) is 11.9. The minimum Gasteiger partial charge on any atom is -0.395 e. The lowest BCUT2D eigenvalue weighted by Gasteiger charge is -2.15. The molecule has 2 aromatic heterocycles. The highest BCUT2D eigenvalue weighted by Crippen LogP contribution is 2.10. The van der Waals surface area contributed by atoms with Crippen molar-refractivity contribution < 1.29 is 4.74 Å². The zero-order valence-corrected chi connectivity index (χ0v) is 14.3. The van der Waals surface area contributed by atoms with Gasteiger partial charge in [-0.1, -0.05) is 25.6 Å². The Kier molecular flexibility index (Phi) is 5.36. The fourth-order valence-electron chi connectivity index (χ4n) is 1.70. The lowest BCUT2D eigenvalue weighted by molar-refractivity contribution is 0.0785. The van der Waals surface area contributed by atoms with E-state index in [0.717, 1.165) is 18.2 Å². The van der Waals surface area contributed by atoms with Gasteiger partial charge in [0.25, 0.3) is 0 Å². The van der Waals surface area contributed by atoms with Crippen LogP contribution >= 0.6 is 0 Å². The molecule has 116 valence electrons. The average Bonchev–Trinajstić information content (AvgIpc) is 2.82. The number of rotatable bonds is 5. The monoisotopic (exact) mass is 314 g/mol. The van der Waals surface area contributed by atoms with Crippen LogP contribution in [-0.2, 0) is 11.5 Å². The molecule has 0 fully saturated rings. The Hall–Kier alpha value is -2.10. The average molecular weight is 314 g/mol. The van der Waals surface area contributed by atoms with E-state index < -0.39 is 8.07 Å². The molecule has 0 atom stereocenters. The Morgan fingerprint density at radius 1 is 1.32 bits per heavy atom. The van der Waals surface area contributed by atoms with Gasteiger partial charge in [-0.2, -0.15) is 5.10 Å². The molecule has 6 heteroatoms. The van der Waals surface area contributed by atoms with E-state index in [1.165, 1.54) is 0 Å². The zero-order valence-electron chi connectivity index (χ0n) is 13.3. The number of aromatic nitrogens is 3. The van der Waals surface area contributed by atoms with Gasteiger partial charge in [-0.15, -0.1) is 0 Å². The van der Waals surface area contributed by atoms with Gasteiger partial charge in [0.15, 0.2) is 5.69 Å². The van der Waals surface area contributed by atoms with Crippen LogP contribution in [0.25, 0.3) is 0 Å². The largest absolute Gasteiger partial charge is 0.395 e. The number of pyridine rings is 1. The molecule has 0 saturated carbocycles. The first kappa shape index (κ1) is 16.3. The summed E-state index contributed by atoms with van der Waals surface area (Å²) >= 11 is 0. The summed E-state index contributed by atoms with van der Waals surface area (Å²) in [6.07, 6.45) is 5.17. The van der Waals surface area contributed by atoms with Gasteiger partial charge in [-0.3, -0.25) is 4.98 Å². The maximum absolute atomic E-state index is 5.93. The third-order valence-electron chi connectivity index (χ3n) is 3.00. The van der Waals surface area contributed by atoms with Crippen LogP contribution in [0.4, 0.5) is 5.69 Å². The van der Waals surface area contributed by atoms with Gasteiger partial charge in [0.05, 0.1) is 11.9 Å². The van der Waals surface area contributed by atoms with Gasteiger partial charge in [-0.05, 0) is 24.1 Å². The maximum Gasteiger partial charge on any atom is 0.158 e. The Morgan fingerprint density at radius 2 is 2.14 bits per heavy atom. The molecule has 0 aromatic carbocycles. The molecule has 0 spiro atoms. The van der Waals surface area contributed by atoms with Crippen LogP contribution < -0.4 is 5.73 Å². The van der Waals surface area contributed by atoms with E-state index in [-0.39, 0.29) is 0 Å². The van der Waals surface area contributed by atoms with Crippen LogP contribution in [0.1, 0.15) is 11.3 Å². The number of ether oxygens (including phenoxy) is 1. The number of nitrogen functional groups attached to an aromatic ring is 1. The summed E-state index contributed by atoms with van der Waals surface area (Å²) in [5.74, 6) is 5.97. The number of anilines is 1. The van der Waals surface area contributed by atoms with Crippen LogP contribution in [0, 0.1) is 11.8 Å². The Bertz CT molecular complexity index is 665. The molecule has 0 aliphatic rings. The van der Waals surface area contributed by atoms with Crippen molar-refractivity contribution in [1.82, 2.24) is 14.8 Å². The fraction of sp³-hybridized carbons (Fsp3) is 0.375. The fourth-order valence-corrected chi connectivity index (χ4v) is 2.46. The summed E-state index contributed by atoms with van der Waals surface area (Å²) in [6, 6.07) is 4.88. The predicted molar refractivity (Wildman–Crippen MR) is 91.0 cm³/mol. The van der Waals surface area contributed by atoms with Gasteiger partial charge >= 0.3 is 0 Å². The van der Waals surface area contributed by atoms with Crippen molar-refractivity contribution in [2.75, 3.05) is 12.3 Å². The quantitative estimate of drug-likeness (QED) is 0.523. The second-order valence-electron chi connectivity index (χ2n) is 6.31. The summed E-state index contributed by atoms with van der Waals surface area (Å²) in [6.45, 7) is 8.15. The summed E-state index contributed by atoms with van der Waals surface area (Å²) in [5, 5.41) is 4.34. The van der Waals surface area contributed by atoms with E-state index in [0.29, 0.717) is 18.1 Å². The lowest BCUT2D eigenvalue weighted by Crippen LogP contribution is -2.22. The third kappa shape index (κ3) is 5.35. The molecule has 0 saturated heterocycles. The second kappa shape index (κ2) is 7.25. The summed E-state index contributed by atoms with van der Waals surface area (Å²) < 4.78 is 7.34. The molecule has 0 aliphatic heterocycles. The van der Waals surface area contributed by atoms with Crippen molar-refractivity contribution >= 4 is 13.8 Å². The van der Waals surface area contributed by atoms with Gasteiger partial charge in [0.2, 0.25) is 0 Å². The SMILES string of the molecule is C[Si](C)(C)CCOCn1cc(N)c(C#Cc2cccnc2)n1. The molecule has 22 heavy (non-hydrogen) atoms. The van der Waals surface area contributed by atoms with E-state index in [9.17, 15) is 0 Å². The predicted octanol–water partition coefficient (Wildman–Crippen LogP) is 2.57. The van der Waals surface area contributed by atoms with Gasteiger partial charge in [-0.25, -0.2) is 4.68 Å². The van der Waals surface area contributed by atoms with E-state index in [2.05, 4.69) is 41.6 Å². The highest BCUT2D eigenvalue weighted by molar-refractivity contribution is 6.76. The highest BCUT2D eigenvalue weighted by atomic mass is 28.3. The molecule has 2 N–H and O–H groups in total. The van der Waals surface area contributed by atoms with Crippen LogP contribution in [0.2, 0.25) is 25.7 Å². The molecular weight excluding hydrogens is 292 g/mol. The Balaban J connectivity index is 1.93. The van der Waals surface area contributed by atoms with E-state index in [1.54, 1.807) is 23.3 Å². The normalized spacial score (nSPS) is 11.0. The maximum atomic E-state index is 5.93. The molecule has 2 rings (SSSR count). The van der Waals surface area contributed by atoms with Gasteiger partial charge < -0.3 is 10.5 Å². The van der Waals surface area contributed by atoms with Gasteiger partial charge in [0.1, 0.15) is 6.73 Å². The van der Waals surface area contributed by atoms with Crippen LogP contribution in [0.15, 0.2) is 30.7 Å². The number of hydrogen-bond donors (Lipinski definition) is 1. The van der Waals surface area contributed by atoms with Crippen molar-refractivity contribution in [1.29, 1.82) is 0 Å². The molecule has 0 amide bonds. The number of nitrogens with zero attached hydrogens (tertiary/aromatic N) is 3. The molecule has 0 radical (unpaired) electrons. The number of nitrogens with two attached hydrogens (primary N) is 1. The standard InChI is InChI=1S/C16H22N4OSi/c1-22(2,3)10-9-21-13-20-12-15(17)16(19-20)7-6-14-5-4-8-18-11-14/h4-5,8,11-12H,9-10,13,17H2,1-3H3. The molecule has 0 aliphatic carbocycles. The Morgan fingerprint density at radius 3 is 2.82 bits per heavy atom. The van der Waals surface area contributed by atoms with Crippen molar-refractivity contribution in [3.05, 3.63) is 42.0 Å². The Labute approximate surface area is 132 Å². The smallest absolute Gasteiger partial charge is 0.158 e. The molecular formula is C16H22N4OSi. The summed E-state index contributed by atoms with van der Waals surface area (Å²) in [5.41, 5.74) is 7.89. The molecule has 0 bridgehead atoms. The van der Waals surface area contributed by atoms with Crippen molar-refractivity contribution in [3.63, 3.8) is 0 Å². The van der Waals surface area contributed by atoms with E-state index in [4.69, 9.17) is 10.5 Å². The van der Waals surface area contributed by atoms with E-state index >= 15 is 0 Å². The number of hydrogen-bond acceptors (Lipinski definition) is 4. The molecule has 5 nitrogen and oxygen atoms in total.